The van der Waals surface area contributed by atoms with Crippen LogP contribution in [0.3, 0.4) is 0 Å². The molecule has 2 aromatic rings. The third-order valence-corrected chi connectivity index (χ3v) is 2.94. The first-order chi connectivity index (χ1) is 8.39. The number of primary sulfonamides is 1. The Morgan fingerprint density at radius 1 is 0.722 bits per heavy atom. The lowest BCUT2D eigenvalue weighted by atomic mass is 10.3. The Hall–Kier alpha value is -2.05. The first kappa shape index (κ1) is 14.0. The summed E-state index contributed by atoms with van der Waals surface area (Å²) in [5.74, 6) is 0. The van der Waals surface area contributed by atoms with Gasteiger partial charge in [0.1, 0.15) is 0 Å². The second kappa shape index (κ2) is 6.04. The van der Waals surface area contributed by atoms with Gasteiger partial charge in [-0.1, -0.05) is 18.2 Å². The molecule has 18 heavy (non-hydrogen) atoms. The minimum absolute atomic E-state index is 0.0756. The Kier molecular flexibility index (Phi) is 4.70. The summed E-state index contributed by atoms with van der Waals surface area (Å²) >= 11 is 0. The summed E-state index contributed by atoms with van der Waals surface area (Å²) in [7, 11) is -3.58. The average Bonchev–Trinajstić information content (AvgIpc) is 2.30. The van der Waals surface area contributed by atoms with E-state index in [2.05, 4.69) is 0 Å². The summed E-state index contributed by atoms with van der Waals surface area (Å²) < 4.78 is 21.4. The molecule has 0 aliphatic heterocycles. The van der Waals surface area contributed by atoms with Gasteiger partial charge >= 0.3 is 0 Å². The van der Waals surface area contributed by atoms with E-state index in [0.29, 0.717) is 5.69 Å². The molecule has 0 atom stereocenters. The topological polar surface area (TPSA) is 112 Å². The van der Waals surface area contributed by atoms with Gasteiger partial charge < -0.3 is 11.5 Å². The predicted octanol–water partition coefficient (Wildman–Crippen LogP) is 1.18. The van der Waals surface area contributed by atoms with Gasteiger partial charge in [0.2, 0.25) is 10.0 Å². The van der Waals surface area contributed by atoms with Crippen molar-refractivity contribution in [3.63, 3.8) is 0 Å². The first-order valence-electron chi connectivity index (χ1n) is 5.08. The number of rotatable bonds is 1. The third-order valence-electron chi connectivity index (χ3n) is 2.01. The molecule has 96 valence electrons. The molecule has 6 heteroatoms. The highest BCUT2D eigenvalue weighted by Crippen LogP contribution is 2.08. The Morgan fingerprint density at radius 3 is 1.50 bits per heavy atom. The van der Waals surface area contributed by atoms with Crippen LogP contribution < -0.4 is 16.6 Å². The molecule has 0 saturated heterocycles. The second-order valence-corrected chi connectivity index (χ2v) is 5.09. The number of hydrogen-bond donors (Lipinski definition) is 3. The maximum Gasteiger partial charge on any atom is 0.238 e. The zero-order valence-corrected chi connectivity index (χ0v) is 10.5. The fourth-order valence-corrected chi connectivity index (χ4v) is 1.63. The maximum absolute atomic E-state index is 10.7. The van der Waals surface area contributed by atoms with Crippen molar-refractivity contribution in [3.8, 4) is 0 Å². The van der Waals surface area contributed by atoms with E-state index in [4.69, 9.17) is 16.6 Å². The van der Waals surface area contributed by atoms with Crippen molar-refractivity contribution in [2.45, 2.75) is 4.90 Å². The minimum Gasteiger partial charge on any atom is -0.399 e. The van der Waals surface area contributed by atoms with Gasteiger partial charge in [-0.2, -0.15) is 0 Å². The van der Waals surface area contributed by atoms with E-state index in [1.54, 1.807) is 0 Å². The minimum atomic E-state index is -3.58. The summed E-state index contributed by atoms with van der Waals surface area (Å²) in [6, 6.07) is 15.2. The number of nitrogens with two attached hydrogens (primary N) is 3. The predicted molar refractivity (Wildman–Crippen MR) is 73.1 cm³/mol. The Labute approximate surface area is 106 Å². The maximum atomic E-state index is 10.7. The number of anilines is 2. The van der Waals surface area contributed by atoms with Gasteiger partial charge in [0.15, 0.2) is 0 Å². The molecule has 0 amide bonds. The van der Waals surface area contributed by atoms with Crippen LogP contribution in [0.15, 0.2) is 59.5 Å². The first-order valence-corrected chi connectivity index (χ1v) is 6.63. The fraction of sp³-hybridized carbons (Fsp3) is 0. The molecule has 6 N–H and O–H groups in total. The van der Waals surface area contributed by atoms with E-state index in [1.807, 2.05) is 30.3 Å². The fourth-order valence-electron chi connectivity index (χ4n) is 1.11. The van der Waals surface area contributed by atoms with E-state index in [0.717, 1.165) is 5.69 Å². The van der Waals surface area contributed by atoms with E-state index in [9.17, 15) is 8.42 Å². The molecule has 0 radical (unpaired) electrons. The van der Waals surface area contributed by atoms with Gasteiger partial charge in [0, 0.05) is 11.4 Å². The molecule has 0 saturated carbocycles. The van der Waals surface area contributed by atoms with Gasteiger partial charge in [-0.3, -0.25) is 0 Å². The zero-order chi connectivity index (χ0) is 13.6. The number of para-hydroxylation sites is 1. The largest absolute Gasteiger partial charge is 0.399 e. The molecule has 2 aromatic carbocycles. The van der Waals surface area contributed by atoms with E-state index >= 15 is 0 Å². The molecule has 0 heterocycles. The lowest BCUT2D eigenvalue weighted by Gasteiger charge is -1.96. The molecule has 0 fully saturated rings. The molecule has 0 aromatic heterocycles. The summed E-state index contributed by atoms with van der Waals surface area (Å²) in [4.78, 5) is 0.0756. The molecule has 5 nitrogen and oxygen atoms in total. The second-order valence-electron chi connectivity index (χ2n) is 3.52. The van der Waals surface area contributed by atoms with Crippen LogP contribution in [0.1, 0.15) is 0 Å². The van der Waals surface area contributed by atoms with Crippen molar-refractivity contribution < 1.29 is 8.42 Å². The highest BCUT2D eigenvalue weighted by atomic mass is 32.2. The van der Waals surface area contributed by atoms with Crippen LogP contribution in [0.5, 0.6) is 0 Å². The lowest BCUT2D eigenvalue weighted by molar-refractivity contribution is 0.598. The van der Waals surface area contributed by atoms with Gasteiger partial charge in [0.25, 0.3) is 0 Å². The SMILES string of the molecule is Nc1ccc(S(N)(=O)=O)cc1.Nc1ccccc1. The highest BCUT2D eigenvalue weighted by molar-refractivity contribution is 7.89. The summed E-state index contributed by atoms with van der Waals surface area (Å²) in [5.41, 5.74) is 12.0. The number of sulfonamides is 1. The van der Waals surface area contributed by atoms with Crippen LogP contribution in [-0.4, -0.2) is 8.42 Å². The van der Waals surface area contributed by atoms with Gasteiger partial charge in [-0.05, 0) is 36.4 Å². The highest BCUT2D eigenvalue weighted by Gasteiger charge is 2.04. The zero-order valence-electron chi connectivity index (χ0n) is 9.65. The van der Waals surface area contributed by atoms with Crippen molar-refractivity contribution in [1.29, 1.82) is 0 Å². The quantitative estimate of drug-likeness (QED) is 0.672. The van der Waals surface area contributed by atoms with Crippen LogP contribution in [0, 0.1) is 0 Å². The van der Waals surface area contributed by atoms with Gasteiger partial charge in [-0.15, -0.1) is 0 Å². The Balaban J connectivity index is 0.000000199. The molecule has 0 bridgehead atoms. The van der Waals surface area contributed by atoms with Crippen molar-refractivity contribution in [2.24, 2.45) is 5.14 Å². The van der Waals surface area contributed by atoms with Crippen molar-refractivity contribution in [1.82, 2.24) is 0 Å². The van der Waals surface area contributed by atoms with E-state index in [-0.39, 0.29) is 4.90 Å². The lowest BCUT2D eigenvalue weighted by Crippen LogP contribution is -2.11. The number of nitrogen functional groups attached to an aromatic ring is 2. The molecule has 0 aliphatic rings. The Bertz CT molecular complexity index is 580. The van der Waals surface area contributed by atoms with E-state index in [1.165, 1.54) is 24.3 Å². The van der Waals surface area contributed by atoms with Crippen LogP contribution in [-0.2, 0) is 10.0 Å². The molecule has 0 unspecified atom stereocenters. The average molecular weight is 265 g/mol. The van der Waals surface area contributed by atoms with Crippen molar-refractivity contribution in [2.75, 3.05) is 11.5 Å². The van der Waals surface area contributed by atoms with E-state index < -0.39 is 10.0 Å². The molecule has 0 spiro atoms. The van der Waals surface area contributed by atoms with Crippen LogP contribution in [0.4, 0.5) is 11.4 Å². The smallest absolute Gasteiger partial charge is 0.238 e. The molecular formula is C12H15N3O2S. The van der Waals surface area contributed by atoms with Crippen LogP contribution in [0.2, 0.25) is 0 Å². The summed E-state index contributed by atoms with van der Waals surface area (Å²) in [6.45, 7) is 0. The molecule has 2 rings (SSSR count). The van der Waals surface area contributed by atoms with Crippen molar-refractivity contribution >= 4 is 21.4 Å². The van der Waals surface area contributed by atoms with Crippen LogP contribution in [0.25, 0.3) is 0 Å². The summed E-state index contributed by atoms with van der Waals surface area (Å²) in [5, 5.41) is 4.84. The monoisotopic (exact) mass is 265 g/mol. The van der Waals surface area contributed by atoms with Gasteiger partial charge in [-0.25, -0.2) is 13.6 Å². The number of benzene rings is 2. The Morgan fingerprint density at radius 2 is 1.17 bits per heavy atom. The summed E-state index contributed by atoms with van der Waals surface area (Å²) in [6.07, 6.45) is 0. The number of hydrogen-bond acceptors (Lipinski definition) is 4. The van der Waals surface area contributed by atoms with Crippen molar-refractivity contribution in [3.05, 3.63) is 54.6 Å². The molecular weight excluding hydrogens is 250 g/mol. The molecule has 0 aliphatic carbocycles. The normalized spacial score (nSPS) is 10.3. The van der Waals surface area contributed by atoms with Crippen LogP contribution >= 0.6 is 0 Å². The van der Waals surface area contributed by atoms with Gasteiger partial charge in [0.05, 0.1) is 4.90 Å². The third kappa shape index (κ3) is 4.86. The standard InChI is InChI=1S/C6H8N2O2S.C6H7N/c7-5-1-3-6(4-2-5)11(8,9)10;7-6-4-2-1-3-5-6/h1-4H,7H2,(H2,8,9,10);1-5H,7H2.